The summed E-state index contributed by atoms with van der Waals surface area (Å²) < 4.78 is 91.5. The first kappa shape index (κ1) is 25.9. The number of nitrogens with one attached hydrogen (secondary N) is 1. The minimum Gasteiger partial charge on any atom is -0.332 e. The largest absolute Gasteiger partial charge is 0.475 e. The number of anilines is 1. The zero-order valence-electron chi connectivity index (χ0n) is 18.6. The standard InChI is InChI=1S/C21H20F6N6O2S/c1-12(17-30-11-31-33(17)19-28-5-2-6-29-19)32(10-13-3-4-13)18(34)14-7-15(20(22,23)24)9-16(8-14)36(35)21(25,26)27/h2,5-9,11-13,17H,3-4,10H2,1H3,(H,30,31). The van der Waals surface area contributed by atoms with Gasteiger partial charge in [0.25, 0.3) is 5.91 Å². The fourth-order valence-corrected chi connectivity index (χ4v) is 4.45. The Balaban J connectivity index is 1.71. The normalized spacial score (nSPS) is 19.6. The number of aromatic nitrogens is 2. The van der Waals surface area contributed by atoms with Crippen molar-refractivity contribution in [1.82, 2.24) is 20.3 Å². The van der Waals surface area contributed by atoms with E-state index in [1.54, 1.807) is 13.0 Å². The van der Waals surface area contributed by atoms with E-state index in [2.05, 4.69) is 20.4 Å². The van der Waals surface area contributed by atoms with Gasteiger partial charge in [-0.3, -0.25) is 10.2 Å². The van der Waals surface area contributed by atoms with Crippen molar-refractivity contribution in [2.45, 2.75) is 48.6 Å². The topological polar surface area (TPSA) is 90.8 Å². The Labute approximate surface area is 203 Å². The highest BCUT2D eigenvalue weighted by Gasteiger charge is 2.42. The molecule has 1 amide bonds. The Kier molecular flexibility index (Phi) is 6.94. The lowest BCUT2D eigenvalue weighted by Gasteiger charge is -2.35. The van der Waals surface area contributed by atoms with Gasteiger partial charge in [-0.25, -0.2) is 24.2 Å². The van der Waals surface area contributed by atoms with E-state index in [9.17, 15) is 35.3 Å². The molecule has 0 bridgehead atoms. The lowest BCUT2D eigenvalue weighted by Crippen LogP contribution is -2.53. The third-order valence-corrected chi connectivity index (χ3v) is 6.78. The second kappa shape index (κ2) is 9.67. The minimum absolute atomic E-state index is 0.0887. The number of hydrogen-bond acceptors (Lipinski definition) is 7. The van der Waals surface area contributed by atoms with E-state index in [0.29, 0.717) is 12.1 Å². The van der Waals surface area contributed by atoms with Gasteiger partial charge in [0, 0.05) is 29.4 Å². The predicted octanol–water partition coefficient (Wildman–Crippen LogP) is 3.74. The van der Waals surface area contributed by atoms with E-state index in [4.69, 9.17) is 0 Å². The predicted molar refractivity (Wildman–Crippen MR) is 117 cm³/mol. The average molecular weight is 534 g/mol. The molecule has 3 atom stereocenters. The van der Waals surface area contributed by atoms with Crippen LogP contribution in [0.5, 0.6) is 0 Å². The molecule has 1 aliphatic carbocycles. The van der Waals surface area contributed by atoms with Crippen molar-refractivity contribution >= 4 is 29.0 Å². The molecule has 1 aliphatic heterocycles. The van der Waals surface area contributed by atoms with Gasteiger partial charge in [-0.2, -0.15) is 26.3 Å². The van der Waals surface area contributed by atoms with Crippen LogP contribution in [-0.4, -0.2) is 55.6 Å². The SMILES string of the molecule is CC(C1N=CNN1c1ncccn1)N(CC1CC1)C(=O)c1cc(S(=O)C(F)(F)F)cc(C(F)(F)F)c1. The first-order valence-electron chi connectivity index (χ1n) is 10.7. The van der Waals surface area contributed by atoms with Crippen LogP contribution in [0, 0.1) is 5.92 Å². The number of hydrogen-bond donors (Lipinski definition) is 1. The summed E-state index contributed by atoms with van der Waals surface area (Å²) in [4.78, 5) is 26.2. The van der Waals surface area contributed by atoms with E-state index >= 15 is 0 Å². The number of alkyl halides is 6. The van der Waals surface area contributed by atoms with Gasteiger partial charge in [0.2, 0.25) is 5.95 Å². The number of amides is 1. The monoisotopic (exact) mass is 534 g/mol. The van der Waals surface area contributed by atoms with Gasteiger partial charge in [0.1, 0.15) is 6.34 Å². The molecule has 4 rings (SSSR count). The summed E-state index contributed by atoms with van der Waals surface area (Å²) in [5.41, 5.74) is -4.61. The quantitative estimate of drug-likeness (QED) is 0.545. The Morgan fingerprint density at radius 1 is 1.17 bits per heavy atom. The zero-order chi connectivity index (χ0) is 26.3. The molecule has 2 heterocycles. The summed E-state index contributed by atoms with van der Waals surface area (Å²) >= 11 is 0. The molecular formula is C21H20F6N6O2S. The smallest absolute Gasteiger partial charge is 0.332 e. The number of benzene rings is 1. The van der Waals surface area contributed by atoms with Gasteiger partial charge < -0.3 is 4.90 Å². The second-order valence-electron chi connectivity index (χ2n) is 8.34. The molecule has 15 heteroatoms. The van der Waals surface area contributed by atoms with Gasteiger partial charge in [-0.1, -0.05) is 0 Å². The number of carbonyl (C=O) groups excluding carboxylic acids is 1. The maximum atomic E-state index is 13.5. The number of halogens is 6. The molecule has 2 aliphatic rings. The third-order valence-electron chi connectivity index (χ3n) is 5.70. The molecule has 194 valence electrons. The molecule has 0 spiro atoms. The summed E-state index contributed by atoms with van der Waals surface area (Å²) in [5, 5.41) is 1.47. The zero-order valence-corrected chi connectivity index (χ0v) is 19.4. The molecule has 1 fully saturated rings. The van der Waals surface area contributed by atoms with Crippen molar-refractivity contribution in [3.05, 3.63) is 47.8 Å². The lowest BCUT2D eigenvalue weighted by molar-refractivity contribution is -0.137. The van der Waals surface area contributed by atoms with Crippen LogP contribution in [0.15, 0.2) is 46.5 Å². The van der Waals surface area contributed by atoms with Crippen LogP contribution in [0.4, 0.5) is 32.3 Å². The van der Waals surface area contributed by atoms with E-state index in [0.717, 1.165) is 12.8 Å². The maximum absolute atomic E-state index is 13.5. The lowest BCUT2D eigenvalue weighted by atomic mass is 10.1. The van der Waals surface area contributed by atoms with Crippen molar-refractivity contribution < 1.29 is 35.3 Å². The van der Waals surface area contributed by atoms with Crippen LogP contribution < -0.4 is 10.4 Å². The third kappa shape index (κ3) is 5.60. The van der Waals surface area contributed by atoms with Crippen LogP contribution in [0.1, 0.15) is 35.7 Å². The average Bonchev–Trinajstić information content (AvgIpc) is 3.52. The van der Waals surface area contributed by atoms with Crippen molar-refractivity contribution in [2.24, 2.45) is 10.9 Å². The first-order chi connectivity index (χ1) is 16.9. The summed E-state index contributed by atoms with van der Waals surface area (Å²) in [6.45, 7) is 1.77. The molecule has 0 radical (unpaired) electrons. The first-order valence-corrected chi connectivity index (χ1v) is 11.9. The fourth-order valence-electron chi connectivity index (χ4n) is 3.71. The molecule has 3 unspecified atom stereocenters. The van der Waals surface area contributed by atoms with E-state index < -0.39 is 56.6 Å². The van der Waals surface area contributed by atoms with Crippen molar-refractivity contribution in [3.63, 3.8) is 0 Å². The van der Waals surface area contributed by atoms with Crippen molar-refractivity contribution in [1.29, 1.82) is 0 Å². The Morgan fingerprint density at radius 2 is 1.83 bits per heavy atom. The molecule has 0 saturated heterocycles. The van der Waals surface area contributed by atoms with Crippen LogP contribution in [0.2, 0.25) is 0 Å². The number of hydrazine groups is 1. The highest BCUT2D eigenvalue weighted by molar-refractivity contribution is 7.86. The van der Waals surface area contributed by atoms with Crippen molar-refractivity contribution in [3.8, 4) is 0 Å². The summed E-state index contributed by atoms with van der Waals surface area (Å²) in [6, 6.07) is 2.06. The number of carbonyl (C=O) groups is 1. The minimum atomic E-state index is -5.30. The molecule has 2 aromatic rings. The van der Waals surface area contributed by atoms with E-state index in [-0.39, 0.29) is 24.5 Å². The van der Waals surface area contributed by atoms with Crippen LogP contribution >= 0.6 is 0 Å². The Morgan fingerprint density at radius 3 is 2.42 bits per heavy atom. The molecule has 8 nitrogen and oxygen atoms in total. The Hall–Kier alpha value is -3.23. The highest BCUT2D eigenvalue weighted by atomic mass is 32.2. The van der Waals surface area contributed by atoms with Gasteiger partial charge in [-0.15, -0.1) is 0 Å². The molecule has 36 heavy (non-hydrogen) atoms. The van der Waals surface area contributed by atoms with Crippen molar-refractivity contribution in [2.75, 3.05) is 11.6 Å². The van der Waals surface area contributed by atoms with Crippen LogP contribution in [-0.2, 0) is 17.0 Å². The second-order valence-corrected chi connectivity index (χ2v) is 9.81. The Bertz CT molecular complexity index is 1170. The molecule has 1 aromatic heterocycles. The summed E-state index contributed by atoms with van der Waals surface area (Å²) in [7, 11) is -3.76. The number of rotatable bonds is 7. The van der Waals surface area contributed by atoms with Gasteiger partial charge >= 0.3 is 11.7 Å². The highest BCUT2D eigenvalue weighted by Crippen LogP contribution is 2.36. The van der Waals surface area contributed by atoms with Gasteiger partial charge in [-0.05, 0) is 49.9 Å². The number of aliphatic imine (C=N–C) groups is 1. The van der Waals surface area contributed by atoms with Crippen LogP contribution in [0.3, 0.4) is 0 Å². The summed E-state index contributed by atoms with van der Waals surface area (Å²) in [6.07, 6.45) is 0.0793. The van der Waals surface area contributed by atoms with E-state index in [1.165, 1.54) is 28.6 Å². The number of nitrogens with zero attached hydrogens (tertiary/aromatic N) is 5. The molecule has 1 saturated carbocycles. The van der Waals surface area contributed by atoms with Gasteiger partial charge in [0.15, 0.2) is 17.0 Å². The fraction of sp³-hybridized carbons (Fsp3) is 0.429. The van der Waals surface area contributed by atoms with Crippen LogP contribution in [0.25, 0.3) is 0 Å². The maximum Gasteiger partial charge on any atom is 0.475 e. The summed E-state index contributed by atoms with van der Waals surface area (Å²) in [5.74, 6) is -0.615. The molecule has 1 N–H and O–H groups in total. The van der Waals surface area contributed by atoms with E-state index in [1.807, 2.05) is 0 Å². The van der Waals surface area contributed by atoms with Gasteiger partial charge in [0.05, 0.1) is 11.6 Å². The molecule has 1 aromatic carbocycles. The molecular weight excluding hydrogens is 514 g/mol.